The summed E-state index contributed by atoms with van der Waals surface area (Å²) in [6.45, 7) is 0.568. The molecule has 5 nitrogen and oxygen atoms in total. The van der Waals surface area contributed by atoms with Crippen LogP contribution in [0.2, 0.25) is 5.02 Å². The molecule has 140 valence electrons. The molecule has 0 unspecified atom stereocenters. The summed E-state index contributed by atoms with van der Waals surface area (Å²) in [7, 11) is 0. The highest BCUT2D eigenvalue weighted by atomic mass is 35.5. The predicted molar refractivity (Wildman–Crippen MR) is 101 cm³/mol. The Morgan fingerprint density at radius 1 is 1.04 bits per heavy atom. The van der Waals surface area contributed by atoms with E-state index in [1.807, 2.05) is 42.5 Å². The van der Waals surface area contributed by atoms with Gasteiger partial charge >= 0.3 is 5.97 Å². The Morgan fingerprint density at radius 2 is 1.70 bits per heavy atom. The number of carbonyl (C=O) groups is 2. The fourth-order valence-corrected chi connectivity index (χ4v) is 3.87. The Bertz CT molecular complexity index is 848. The minimum Gasteiger partial charge on any atom is -0.481 e. The zero-order valence-electron chi connectivity index (χ0n) is 14.7. The largest absolute Gasteiger partial charge is 0.481 e. The molecule has 27 heavy (non-hydrogen) atoms. The number of para-hydroxylation sites is 1. The average Bonchev–Trinajstić information content (AvgIpc) is 3.30. The second kappa shape index (κ2) is 6.89. The third-order valence-electron chi connectivity index (χ3n) is 5.37. The Kier molecular flexibility index (Phi) is 4.56. The van der Waals surface area contributed by atoms with Crippen LogP contribution in [0.5, 0.6) is 5.75 Å². The van der Waals surface area contributed by atoms with E-state index >= 15 is 0 Å². The lowest BCUT2D eigenvalue weighted by atomic mass is 9.89. The molecule has 1 amide bonds. The van der Waals surface area contributed by atoms with Crippen molar-refractivity contribution in [3.63, 3.8) is 0 Å². The van der Waals surface area contributed by atoms with Crippen LogP contribution in [0.25, 0.3) is 0 Å². The summed E-state index contributed by atoms with van der Waals surface area (Å²) in [5, 5.41) is 10.3. The van der Waals surface area contributed by atoms with Crippen LogP contribution in [-0.2, 0) is 9.59 Å². The summed E-state index contributed by atoms with van der Waals surface area (Å²) in [5.41, 5.74) is 0.0372. The van der Waals surface area contributed by atoms with Crippen molar-refractivity contribution in [1.82, 2.24) is 4.90 Å². The smallest absolute Gasteiger partial charge is 0.308 e. The van der Waals surface area contributed by atoms with Crippen molar-refractivity contribution >= 4 is 23.5 Å². The maximum atomic E-state index is 13.1. The molecule has 0 aromatic heterocycles. The van der Waals surface area contributed by atoms with Crippen molar-refractivity contribution in [3.05, 3.63) is 65.2 Å². The Hall–Kier alpha value is -2.53. The quantitative estimate of drug-likeness (QED) is 0.854. The SMILES string of the molecule is O=C(O)[C@@H]1CN(C(=O)C2(Oc3ccccc3)CC2)C[C@H]1c1ccc(Cl)cc1. The highest BCUT2D eigenvalue weighted by Gasteiger charge is 2.56. The normalized spacial score (nSPS) is 23.1. The molecule has 6 heteroatoms. The number of ether oxygens (including phenoxy) is 1. The molecule has 1 aliphatic heterocycles. The molecule has 1 N–H and O–H groups in total. The number of nitrogens with zero attached hydrogens (tertiary/aromatic N) is 1. The lowest BCUT2D eigenvalue weighted by molar-refractivity contribution is -0.143. The van der Waals surface area contributed by atoms with Gasteiger partial charge in [0, 0.05) is 36.9 Å². The molecule has 0 bridgehead atoms. The van der Waals surface area contributed by atoms with Gasteiger partial charge in [-0.1, -0.05) is 41.9 Å². The van der Waals surface area contributed by atoms with Gasteiger partial charge in [0.15, 0.2) is 5.60 Å². The van der Waals surface area contributed by atoms with Gasteiger partial charge in [-0.05, 0) is 29.8 Å². The summed E-state index contributed by atoms with van der Waals surface area (Å²) >= 11 is 5.94. The van der Waals surface area contributed by atoms with Crippen LogP contribution in [0, 0.1) is 5.92 Å². The fraction of sp³-hybridized carbons (Fsp3) is 0.333. The van der Waals surface area contributed by atoms with Crippen LogP contribution in [0.4, 0.5) is 0 Å². The van der Waals surface area contributed by atoms with Crippen molar-refractivity contribution in [2.45, 2.75) is 24.4 Å². The van der Waals surface area contributed by atoms with Crippen LogP contribution in [0.15, 0.2) is 54.6 Å². The van der Waals surface area contributed by atoms with Gasteiger partial charge in [-0.25, -0.2) is 0 Å². The monoisotopic (exact) mass is 385 g/mol. The summed E-state index contributed by atoms with van der Waals surface area (Å²) in [4.78, 5) is 26.5. The van der Waals surface area contributed by atoms with E-state index in [2.05, 4.69) is 0 Å². The van der Waals surface area contributed by atoms with Crippen LogP contribution in [0.1, 0.15) is 24.3 Å². The number of rotatable bonds is 5. The number of aliphatic carboxylic acids is 1. The number of carboxylic acid groups (broad SMARTS) is 1. The fourth-order valence-electron chi connectivity index (χ4n) is 3.74. The Morgan fingerprint density at radius 3 is 2.30 bits per heavy atom. The highest BCUT2D eigenvalue weighted by molar-refractivity contribution is 6.30. The van der Waals surface area contributed by atoms with Crippen LogP contribution < -0.4 is 4.74 Å². The number of halogens is 1. The number of likely N-dealkylation sites (tertiary alicyclic amines) is 1. The minimum absolute atomic E-state index is 0.117. The molecule has 2 aromatic carbocycles. The van der Waals surface area contributed by atoms with Gasteiger partial charge in [-0.15, -0.1) is 0 Å². The van der Waals surface area contributed by atoms with Gasteiger partial charge in [0.1, 0.15) is 5.75 Å². The molecular formula is C21H20ClNO4. The first-order valence-electron chi connectivity index (χ1n) is 9.00. The number of hydrogen-bond donors (Lipinski definition) is 1. The minimum atomic E-state index is -0.890. The zero-order chi connectivity index (χ0) is 19.0. The van der Waals surface area contributed by atoms with E-state index in [4.69, 9.17) is 16.3 Å². The molecule has 1 heterocycles. The number of benzene rings is 2. The number of amides is 1. The molecule has 4 rings (SSSR count). The maximum Gasteiger partial charge on any atom is 0.308 e. The van der Waals surface area contributed by atoms with Crippen molar-refractivity contribution in [1.29, 1.82) is 0 Å². The van der Waals surface area contributed by atoms with E-state index in [0.29, 0.717) is 30.2 Å². The lowest BCUT2D eigenvalue weighted by Gasteiger charge is -2.24. The van der Waals surface area contributed by atoms with Crippen LogP contribution in [0.3, 0.4) is 0 Å². The van der Waals surface area contributed by atoms with E-state index in [-0.39, 0.29) is 18.4 Å². The van der Waals surface area contributed by atoms with Crippen LogP contribution >= 0.6 is 11.6 Å². The first-order chi connectivity index (χ1) is 13.0. The van der Waals surface area contributed by atoms with Gasteiger partial charge in [-0.3, -0.25) is 9.59 Å². The molecule has 2 aromatic rings. The number of carbonyl (C=O) groups excluding carboxylic acids is 1. The lowest BCUT2D eigenvalue weighted by Crippen LogP contribution is -2.43. The molecule has 1 saturated heterocycles. The van der Waals surface area contributed by atoms with Crippen LogP contribution in [-0.4, -0.2) is 40.6 Å². The Labute approximate surface area is 162 Å². The van der Waals surface area contributed by atoms with Gasteiger partial charge < -0.3 is 14.7 Å². The standard InChI is InChI=1S/C21H20ClNO4/c22-15-8-6-14(7-9-15)17-12-23(13-18(17)19(24)25)20(26)21(10-11-21)27-16-4-2-1-3-5-16/h1-9,17-18H,10-13H2,(H,24,25)/t17-,18+/m0/s1. The molecule has 1 saturated carbocycles. The van der Waals surface area contributed by atoms with Crippen molar-refractivity contribution in [3.8, 4) is 5.75 Å². The van der Waals surface area contributed by atoms with E-state index in [0.717, 1.165) is 5.56 Å². The summed E-state index contributed by atoms with van der Waals surface area (Å²) in [6.07, 6.45) is 1.31. The van der Waals surface area contributed by atoms with Gasteiger partial charge in [0.2, 0.25) is 0 Å². The van der Waals surface area contributed by atoms with E-state index in [9.17, 15) is 14.7 Å². The maximum absolute atomic E-state index is 13.1. The molecule has 0 spiro atoms. The molecular weight excluding hydrogens is 366 g/mol. The van der Waals surface area contributed by atoms with Crippen molar-refractivity contribution in [2.75, 3.05) is 13.1 Å². The summed E-state index contributed by atoms with van der Waals surface area (Å²) in [6, 6.07) is 16.5. The molecule has 1 aliphatic carbocycles. The van der Waals surface area contributed by atoms with E-state index < -0.39 is 17.5 Å². The third kappa shape index (κ3) is 3.52. The van der Waals surface area contributed by atoms with Crippen molar-refractivity contribution < 1.29 is 19.4 Å². The molecule has 2 aliphatic rings. The van der Waals surface area contributed by atoms with E-state index in [1.54, 1.807) is 17.0 Å². The topological polar surface area (TPSA) is 66.8 Å². The third-order valence-corrected chi connectivity index (χ3v) is 5.62. The number of hydrogen-bond acceptors (Lipinski definition) is 3. The second-order valence-electron chi connectivity index (χ2n) is 7.22. The van der Waals surface area contributed by atoms with Gasteiger partial charge in [0.25, 0.3) is 5.91 Å². The summed E-state index contributed by atoms with van der Waals surface area (Å²) < 4.78 is 5.98. The van der Waals surface area contributed by atoms with Crippen molar-refractivity contribution in [2.24, 2.45) is 5.92 Å². The van der Waals surface area contributed by atoms with E-state index in [1.165, 1.54) is 0 Å². The summed E-state index contributed by atoms with van der Waals surface area (Å²) in [5.74, 6) is -1.24. The molecule has 2 atom stereocenters. The molecule has 0 radical (unpaired) electrons. The Balaban J connectivity index is 1.53. The predicted octanol–water partition coefficient (Wildman–Crippen LogP) is 3.58. The van der Waals surface area contributed by atoms with Gasteiger partial charge in [0.05, 0.1) is 5.92 Å². The average molecular weight is 386 g/mol. The number of carboxylic acids is 1. The first kappa shape index (κ1) is 17.9. The molecule has 2 fully saturated rings. The second-order valence-corrected chi connectivity index (χ2v) is 7.66. The van der Waals surface area contributed by atoms with Gasteiger partial charge in [-0.2, -0.15) is 0 Å². The first-order valence-corrected chi connectivity index (χ1v) is 9.38. The zero-order valence-corrected chi connectivity index (χ0v) is 15.4. The highest BCUT2D eigenvalue weighted by Crippen LogP contribution is 2.44.